The van der Waals surface area contributed by atoms with E-state index in [0.717, 1.165) is 25.8 Å². The summed E-state index contributed by atoms with van der Waals surface area (Å²) in [5.41, 5.74) is 5.43. The number of nitrogens with two attached hydrogens (primary N) is 1. The van der Waals surface area contributed by atoms with Crippen LogP contribution in [0.3, 0.4) is 0 Å². The van der Waals surface area contributed by atoms with Gasteiger partial charge in [-0.3, -0.25) is 4.79 Å². The molecule has 0 radical (unpaired) electrons. The summed E-state index contributed by atoms with van der Waals surface area (Å²) in [4.78, 5) is 11.6. The lowest BCUT2D eigenvalue weighted by Crippen LogP contribution is -2.24. The van der Waals surface area contributed by atoms with Crippen molar-refractivity contribution in [2.24, 2.45) is 5.73 Å². The third kappa shape index (κ3) is 21.1. The molecule has 0 atom stereocenters. The maximum atomic E-state index is 11.6. The highest BCUT2D eigenvalue weighted by Crippen LogP contribution is 2.09. The van der Waals surface area contributed by atoms with Crippen molar-refractivity contribution in [3.05, 3.63) is 12.2 Å². The molecular formula is C22H44N2O. The predicted octanol–water partition coefficient (Wildman–Crippen LogP) is 5.88. The van der Waals surface area contributed by atoms with Gasteiger partial charge in [-0.2, -0.15) is 0 Å². The second kappa shape index (κ2) is 21.2. The maximum absolute atomic E-state index is 11.6. The van der Waals surface area contributed by atoms with Gasteiger partial charge in [0.15, 0.2) is 0 Å². The number of carbonyl (C=O) groups excluding carboxylic acids is 1. The molecular weight excluding hydrogens is 308 g/mol. The first-order valence-electron chi connectivity index (χ1n) is 10.9. The average Bonchev–Trinajstić information content (AvgIpc) is 2.62. The Morgan fingerprint density at radius 1 is 0.760 bits per heavy atom. The van der Waals surface area contributed by atoms with E-state index in [2.05, 4.69) is 24.4 Å². The summed E-state index contributed by atoms with van der Waals surface area (Å²) in [7, 11) is 0. The molecule has 148 valence electrons. The minimum absolute atomic E-state index is 0.203. The summed E-state index contributed by atoms with van der Waals surface area (Å²) in [6, 6.07) is 0. The first-order chi connectivity index (χ1) is 12.3. The van der Waals surface area contributed by atoms with Crippen LogP contribution in [0.2, 0.25) is 0 Å². The number of nitrogens with one attached hydrogen (secondary N) is 1. The molecule has 3 N–H and O–H groups in total. The van der Waals surface area contributed by atoms with Gasteiger partial charge in [-0.15, -0.1) is 0 Å². The van der Waals surface area contributed by atoms with Crippen molar-refractivity contribution in [3.8, 4) is 0 Å². The highest BCUT2D eigenvalue weighted by molar-refractivity contribution is 5.75. The standard InChI is InChI=1S/C22H44N2O/c1-2-3-4-5-6-7-8-9-10-11-12-13-14-15-16-19-22(25)24-21-18-17-20-23/h9-10H,2-8,11-21,23H2,1H3,(H,24,25). The van der Waals surface area contributed by atoms with E-state index in [4.69, 9.17) is 5.73 Å². The van der Waals surface area contributed by atoms with Crippen LogP contribution in [0.1, 0.15) is 110 Å². The van der Waals surface area contributed by atoms with Crippen molar-refractivity contribution in [1.82, 2.24) is 5.32 Å². The molecule has 0 fully saturated rings. The summed E-state index contributed by atoms with van der Waals surface area (Å²) >= 11 is 0. The van der Waals surface area contributed by atoms with Gasteiger partial charge < -0.3 is 11.1 Å². The molecule has 25 heavy (non-hydrogen) atoms. The molecule has 0 aliphatic rings. The van der Waals surface area contributed by atoms with Crippen LogP contribution in [0, 0.1) is 0 Å². The number of allylic oxidation sites excluding steroid dienone is 2. The molecule has 1 amide bonds. The van der Waals surface area contributed by atoms with Crippen LogP contribution in [0.25, 0.3) is 0 Å². The van der Waals surface area contributed by atoms with Crippen LogP contribution >= 0.6 is 0 Å². The summed E-state index contributed by atoms with van der Waals surface area (Å²) in [6.07, 6.45) is 24.2. The fraction of sp³-hybridized carbons (Fsp3) is 0.864. The van der Waals surface area contributed by atoms with Gasteiger partial charge in [0.1, 0.15) is 0 Å². The Labute approximate surface area is 157 Å². The number of carbonyl (C=O) groups is 1. The van der Waals surface area contributed by atoms with Gasteiger partial charge in [0, 0.05) is 13.0 Å². The highest BCUT2D eigenvalue weighted by atomic mass is 16.1. The van der Waals surface area contributed by atoms with E-state index in [1.165, 1.54) is 77.0 Å². The van der Waals surface area contributed by atoms with Gasteiger partial charge in [-0.1, -0.05) is 70.4 Å². The number of amides is 1. The van der Waals surface area contributed by atoms with E-state index in [1.807, 2.05) is 0 Å². The Morgan fingerprint density at radius 3 is 1.92 bits per heavy atom. The van der Waals surface area contributed by atoms with Crippen LogP contribution < -0.4 is 11.1 Å². The van der Waals surface area contributed by atoms with Crippen LogP contribution in [0.4, 0.5) is 0 Å². The molecule has 0 aliphatic heterocycles. The molecule has 0 heterocycles. The number of hydrogen-bond donors (Lipinski definition) is 2. The Balaban J connectivity index is 3.17. The quantitative estimate of drug-likeness (QED) is 0.225. The molecule has 0 aromatic carbocycles. The molecule has 0 saturated heterocycles. The van der Waals surface area contributed by atoms with Gasteiger partial charge in [0.25, 0.3) is 0 Å². The van der Waals surface area contributed by atoms with Crippen molar-refractivity contribution >= 4 is 5.91 Å². The largest absolute Gasteiger partial charge is 0.356 e. The van der Waals surface area contributed by atoms with E-state index in [0.29, 0.717) is 13.0 Å². The lowest BCUT2D eigenvalue weighted by molar-refractivity contribution is -0.121. The monoisotopic (exact) mass is 352 g/mol. The Bertz CT molecular complexity index is 302. The first-order valence-corrected chi connectivity index (χ1v) is 10.9. The van der Waals surface area contributed by atoms with E-state index < -0.39 is 0 Å². The highest BCUT2D eigenvalue weighted by Gasteiger charge is 1.99. The summed E-state index contributed by atoms with van der Waals surface area (Å²) in [5.74, 6) is 0.203. The van der Waals surface area contributed by atoms with Crippen LogP contribution in [-0.2, 0) is 4.79 Å². The topological polar surface area (TPSA) is 55.1 Å². The summed E-state index contributed by atoms with van der Waals surface area (Å²) in [5, 5.41) is 2.96. The third-order valence-corrected chi connectivity index (χ3v) is 4.62. The molecule has 3 heteroatoms. The van der Waals surface area contributed by atoms with Crippen molar-refractivity contribution < 1.29 is 4.79 Å². The molecule has 0 saturated carbocycles. The third-order valence-electron chi connectivity index (χ3n) is 4.62. The Hall–Kier alpha value is -0.830. The molecule has 0 aliphatic carbocycles. The van der Waals surface area contributed by atoms with E-state index in [9.17, 15) is 4.79 Å². The predicted molar refractivity (Wildman–Crippen MR) is 111 cm³/mol. The second-order valence-electron chi connectivity index (χ2n) is 7.18. The van der Waals surface area contributed by atoms with Crippen LogP contribution in [0.5, 0.6) is 0 Å². The zero-order valence-electron chi connectivity index (χ0n) is 16.9. The van der Waals surface area contributed by atoms with Crippen molar-refractivity contribution in [3.63, 3.8) is 0 Å². The zero-order chi connectivity index (χ0) is 18.4. The van der Waals surface area contributed by atoms with E-state index in [1.54, 1.807) is 0 Å². The minimum atomic E-state index is 0.203. The van der Waals surface area contributed by atoms with Crippen LogP contribution in [-0.4, -0.2) is 19.0 Å². The van der Waals surface area contributed by atoms with Crippen LogP contribution in [0.15, 0.2) is 12.2 Å². The number of rotatable bonds is 19. The fourth-order valence-corrected chi connectivity index (χ4v) is 2.94. The van der Waals surface area contributed by atoms with Gasteiger partial charge >= 0.3 is 0 Å². The number of unbranched alkanes of at least 4 members (excludes halogenated alkanes) is 12. The zero-order valence-corrected chi connectivity index (χ0v) is 16.9. The SMILES string of the molecule is CCCCCCCCC=CCCCCCCCC(=O)NCCCCN. The second-order valence-corrected chi connectivity index (χ2v) is 7.18. The summed E-state index contributed by atoms with van der Waals surface area (Å²) in [6.45, 7) is 3.76. The van der Waals surface area contributed by atoms with Crippen molar-refractivity contribution in [1.29, 1.82) is 0 Å². The molecule has 0 rings (SSSR count). The molecule has 3 nitrogen and oxygen atoms in total. The van der Waals surface area contributed by atoms with E-state index >= 15 is 0 Å². The molecule has 0 spiro atoms. The lowest BCUT2D eigenvalue weighted by Gasteiger charge is -2.04. The minimum Gasteiger partial charge on any atom is -0.356 e. The van der Waals surface area contributed by atoms with Gasteiger partial charge in [-0.25, -0.2) is 0 Å². The van der Waals surface area contributed by atoms with Gasteiger partial charge in [-0.05, 0) is 51.5 Å². The summed E-state index contributed by atoms with van der Waals surface area (Å²) < 4.78 is 0. The van der Waals surface area contributed by atoms with Gasteiger partial charge in [0.2, 0.25) is 5.91 Å². The number of hydrogen-bond acceptors (Lipinski definition) is 2. The van der Waals surface area contributed by atoms with Crippen molar-refractivity contribution in [2.45, 2.75) is 110 Å². The Kier molecular flexibility index (Phi) is 20.5. The molecule has 0 aromatic heterocycles. The normalized spacial score (nSPS) is 11.3. The van der Waals surface area contributed by atoms with E-state index in [-0.39, 0.29) is 5.91 Å². The molecule has 0 aromatic rings. The van der Waals surface area contributed by atoms with Crippen molar-refractivity contribution in [2.75, 3.05) is 13.1 Å². The average molecular weight is 353 g/mol. The first kappa shape index (κ1) is 24.2. The lowest BCUT2D eigenvalue weighted by atomic mass is 10.1. The maximum Gasteiger partial charge on any atom is 0.219 e. The van der Waals surface area contributed by atoms with Gasteiger partial charge in [0.05, 0.1) is 0 Å². The fourth-order valence-electron chi connectivity index (χ4n) is 2.94. The molecule has 0 unspecified atom stereocenters. The Morgan fingerprint density at radius 2 is 1.32 bits per heavy atom. The molecule has 0 bridgehead atoms. The smallest absolute Gasteiger partial charge is 0.219 e.